The summed E-state index contributed by atoms with van der Waals surface area (Å²) in [7, 11) is 5.12. The molecule has 2 aromatic carbocycles. The molecule has 150 valence electrons. The third-order valence-corrected chi connectivity index (χ3v) is 4.33. The van der Waals surface area contributed by atoms with Gasteiger partial charge < -0.3 is 28.8 Å². The molecule has 0 atom stereocenters. The molecule has 0 aliphatic carbocycles. The van der Waals surface area contributed by atoms with E-state index in [1.807, 2.05) is 0 Å². The van der Waals surface area contributed by atoms with Gasteiger partial charge in [0.2, 0.25) is 0 Å². The second kappa shape index (κ2) is 8.71. The highest BCUT2D eigenvalue weighted by molar-refractivity contribution is 6.33. The Morgan fingerprint density at radius 1 is 0.929 bits per heavy atom. The highest BCUT2D eigenvalue weighted by Crippen LogP contribution is 2.45. The minimum atomic E-state index is -0.874. The van der Waals surface area contributed by atoms with Crippen molar-refractivity contribution in [3.63, 3.8) is 0 Å². The predicted molar refractivity (Wildman–Crippen MR) is 100 cm³/mol. The lowest BCUT2D eigenvalue weighted by Gasteiger charge is -2.19. The first-order valence-corrected chi connectivity index (χ1v) is 8.29. The Hall–Kier alpha value is -3.13. The summed E-state index contributed by atoms with van der Waals surface area (Å²) in [5.74, 6) is -1.84. The first-order valence-electron chi connectivity index (χ1n) is 7.91. The van der Waals surface area contributed by atoms with E-state index in [1.165, 1.54) is 39.5 Å². The molecule has 2 rings (SSSR count). The normalized spacial score (nSPS) is 10.2. The van der Waals surface area contributed by atoms with Gasteiger partial charge in [-0.05, 0) is 24.6 Å². The number of halogens is 1. The topological polar surface area (TPSA) is 101 Å². The molecule has 0 aromatic heterocycles. The van der Waals surface area contributed by atoms with E-state index in [1.54, 1.807) is 6.92 Å². The number of benzene rings is 2. The molecule has 0 saturated carbocycles. The van der Waals surface area contributed by atoms with Crippen molar-refractivity contribution in [2.24, 2.45) is 0 Å². The standard InChI is InChI=1S/C19H19ClO8/c1-9-6-12(21)14(19(23)27-5)17(15(9)20)28-16-11(18(22)26-4)7-10(24-2)8-13(16)25-3/h6-8,21H,1-5H3. The summed E-state index contributed by atoms with van der Waals surface area (Å²) in [4.78, 5) is 24.4. The molecule has 0 aliphatic rings. The average Bonchev–Trinajstić information content (AvgIpc) is 2.70. The van der Waals surface area contributed by atoms with Gasteiger partial charge in [-0.1, -0.05) is 11.6 Å². The van der Waals surface area contributed by atoms with Gasteiger partial charge in [0, 0.05) is 6.07 Å². The molecule has 8 nitrogen and oxygen atoms in total. The Morgan fingerprint density at radius 3 is 2.11 bits per heavy atom. The van der Waals surface area contributed by atoms with Crippen LogP contribution in [0.25, 0.3) is 0 Å². The van der Waals surface area contributed by atoms with Crippen molar-refractivity contribution in [3.8, 4) is 28.7 Å². The number of ether oxygens (including phenoxy) is 5. The Kier molecular flexibility index (Phi) is 6.58. The van der Waals surface area contributed by atoms with Crippen molar-refractivity contribution >= 4 is 23.5 Å². The van der Waals surface area contributed by atoms with E-state index in [0.717, 1.165) is 7.11 Å². The minimum Gasteiger partial charge on any atom is -0.507 e. The third kappa shape index (κ3) is 3.91. The van der Waals surface area contributed by atoms with Gasteiger partial charge in [0.1, 0.15) is 22.6 Å². The first-order chi connectivity index (χ1) is 13.3. The van der Waals surface area contributed by atoms with E-state index >= 15 is 0 Å². The van der Waals surface area contributed by atoms with Crippen LogP contribution in [0.2, 0.25) is 5.02 Å². The van der Waals surface area contributed by atoms with Crippen molar-refractivity contribution in [2.75, 3.05) is 28.4 Å². The third-order valence-electron chi connectivity index (χ3n) is 3.86. The van der Waals surface area contributed by atoms with E-state index < -0.39 is 17.7 Å². The van der Waals surface area contributed by atoms with Gasteiger partial charge in [-0.25, -0.2) is 9.59 Å². The summed E-state index contributed by atoms with van der Waals surface area (Å²) < 4.78 is 25.8. The minimum absolute atomic E-state index is 0.0356. The Balaban J connectivity index is 2.78. The second-order valence-corrected chi connectivity index (χ2v) is 5.90. The van der Waals surface area contributed by atoms with Gasteiger partial charge in [-0.3, -0.25) is 0 Å². The van der Waals surface area contributed by atoms with Crippen molar-refractivity contribution in [3.05, 3.63) is 39.9 Å². The van der Waals surface area contributed by atoms with Crippen molar-refractivity contribution in [1.29, 1.82) is 0 Å². The summed E-state index contributed by atoms with van der Waals surface area (Å²) >= 11 is 6.32. The molecular formula is C19H19ClO8. The molecule has 0 heterocycles. The Morgan fingerprint density at radius 2 is 1.57 bits per heavy atom. The number of phenols is 1. The number of aromatic hydroxyl groups is 1. The maximum atomic E-state index is 12.3. The van der Waals surface area contributed by atoms with Gasteiger partial charge in [0.05, 0.1) is 33.5 Å². The number of carbonyl (C=O) groups is 2. The fourth-order valence-corrected chi connectivity index (χ4v) is 2.64. The van der Waals surface area contributed by atoms with Crippen LogP contribution in [-0.4, -0.2) is 45.5 Å². The van der Waals surface area contributed by atoms with Gasteiger partial charge in [-0.15, -0.1) is 0 Å². The summed E-state index contributed by atoms with van der Waals surface area (Å²) in [6, 6.07) is 4.15. The molecule has 9 heteroatoms. The molecule has 0 bridgehead atoms. The van der Waals surface area contributed by atoms with E-state index in [-0.39, 0.29) is 33.4 Å². The highest BCUT2D eigenvalue weighted by atomic mass is 35.5. The lowest BCUT2D eigenvalue weighted by molar-refractivity contribution is 0.0591. The van der Waals surface area contributed by atoms with Crippen molar-refractivity contribution < 1.29 is 38.4 Å². The van der Waals surface area contributed by atoms with E-state index in [9.17, 15) is 14.7 Å². The van der Waals surface area contributed by atoms with Crippen LogP contribution in [0.3, 0.4) is 0 Å². The SMILES string of the molecule is COC(=O)c1cc(OC)cc(OC)c1Oc1c(Cl)c(C)cc(O)c1C(=O)OC. The van der Waals surface area contributed by atoms with Gasteiger partial charge in [-0.2, -0.15) is 0 Å². The largest absolute Gasteiger partial charge is 0.507 e. The number of hydrogen-bond acceptors (Lipinski definition) is 8. The molecule has 2 aromatic rings. The fourth-order valence-electron chi connectivity index (χ4n) is 2.46. The maximum absolute atomic E-state index is 12.3. The van der Waals surface area contributed by atoms with Crippen LogP contribution >= 0.6 is 11.6 Å². The second-order valence-electron chi connectivity index (χ2n) is 5.52. The predicted octanol–water partition coefficient (Wildman–Crippen LogP) is 3.74. The molecule has 0 unspecified atom stereocenters. The zero-order chi connectivity index (χ0) is 21.0. The number of esters is 2. The summed E-state index contributed by atoms with van der Waals surface area (Å²) in [6.45, 7) is 1.61. The molecule has 0 radical (unpaired) electrons. The van der Waals surface area contributed by atoms with Crippen LogP contribution in [0.1, 0.15) is 26.3 Å². The first kappa shape index (κ1) is 21.2. The number of aryl methyl sites for hydroxylation is 1. The maximum Gasteiger partial charge on any atom is 0.345 e. The molecule has 1 N–H and O–H groups in total. The van der Waals surface area contributed by atoms with E-state index in [2.05, 4.69) is 0 Å². The van der Waals surface area contributed by atoms with Crippen molar-refractivity contribution in [1.82, 2.24) is 0 Å². The summed E-state index contributed by atoms with van der Waals surface area (Å²) in [5.41, 5.74) is 0.104. The van der Waals surface area contributed by atoms with Crippen LogP contribution in [0.5, 0.6) is 28.7 Å². The highest BCUT2D eigenvalue weighted by Gasteiger charge is 2.28. The number of carbonyl (C=O) groups excluding carboxylic acids is 2. The zero-order valence-electron chi connectivity index (χ0n) is 15.9. The molecule has 0 spiro atoms. The molecule has 0 fully saturated rings. The molecule has 0 saturated heterocycles. The molecule has 28 heavy (non-hydrogen) atoms. The van der Waals surface area contributed by atoms with E-state index in [0.29, 0.717) is 11.3 Å². The molecule has 0 aliphatic heterocycles. The van der Waals surface area contributed by atoms with Gasteiger partial charge in [0.25, 0.3) is 0 Å². The van der Waals surface area contributed by atoms with Crippen molar-refractivity contribution in [2.45, 2.75) is 6.92 Å². The van der Waals surface area contributed by atoms with Gasteiger partial charge >= 0.3 is 11.9 Å². The van der Waals surface area contributed by atoms with Gasteiger partial charge in [0.15, 0.2) is 17.2 Å². The molecular weight excluding hydrogens is 392 g/mol. The quantitative estimate of drug-likeness (QED) is 0.719. The summed E-state index contributed by atoms with van der Waals surface area (Å²) in [6.07, 6.45) is 0. The number of methoxy groups -OCH3 is 4. The number of phenolic OH excluding ortho intramolecular Hbond substituents is 1. The fraction of sp³-hybridized carbons (Fsp3) is 0.263. The van der Waals surface area contributed by atoms with Crippen LogP contribution in [0, 0.1) is 6.92 Å². The lowest BCUT2D eigenvalue weighted by atomic mass is 10.1. The molecule has 0 amide bonds. The lowest BCUT2D eigenvalue weighted by Crippen LogP contribution is -2.09. The Bertz CT molecular complexity index is 923. The van der Waals surface area contributed by atoms with E-state index in [4.69, 9.17) is 35.3 Å². The average molecular weight is 411 g/mol. The smallest absolute Gasteiger partial charge is 0.345 e. The monoisotopic (exact) mass is 410 g/mol. The summed E-state index contributed by atoms with van der Waals surface area (Å²) in [5, 5.41) is 10.3. The number of rotatable bonds is 6. The number of hydrogen-bond donors (Lipinski definition) is 1. The van der Waals surface area contributed by atoms with Crippen LogP contribution in [0.4, 0.5) is 0 Å². The van der Waals surface area contributed by atoms with Crippen LogP contribution < -0.4 is 14.2 Å². The van der Waals surface area contributed by atoms with Crippen LogP contribution in [-0.2, 0) is 9.47 Å². The zero-order valence-corrected chi connectivity index (χ0v) is 16.7. The Labute approximate surface area is 166 Å². The van der Waals surface area contributed by atoms with Crippen LogP contribution in [0.15, 0.2) is 18.2 Å².